The molecule has 0 amide bonds. The molecule has 0 spiro atoms. The first-order chi connectivity index (χ1) is 8.88. The highest BCUT2D eigenvalue weighted by Gasteiger charge is 2.19. The Bertz CT molecular complexity index is 551. The standard InChI is InChI=1S/C15H17N3/c16-10-14-13(5-3-8-17-14)11-18-9-7-12-4-1-2-6-15(12)18/h1-6,8H,7,9-11,16H2. The van der Waals surface area contributed by atoms with Gasteiger partial charge in [-0.1, -0.05) is 24.3 Å². The number of benzene rings is 1. The topological polar surface area (TPSA) is 42.1 Å². The predicted octanol–water partition coefficient (Wildman–Crippen LogP) is 2.10. The van der Waals surface area contributed by atoms with Crippen LogP contribution in [0.1, 0.15) is 16.8 Å². The summed E-state index contributed by atoms with van der Waals surface area (Å²) in [6.45, 7) is 2.49. The highest BCUT2D eigenvalue weighted by atomic mass is 15.1. The zero-order valence-corrected chi connectivity index (χ0v) is 10.3. The molecule has 0 unspecified atom stereocenters. The summed E-state index contributed by atoms with van der Waals surface area (Å²) in [7, 11) is 0. The van der Waals surface area contributed by atoms with Crippen LogP contribution >= 0.6 is 0 Å². The van der Waals surface area contributed by atoms with E-state index in [0.717, 1.165) is 25.2 Å². The third-order valence-electron chi connectivity index (χ3n) is 3.52. The third kappa shape index (κ3) is 1.97. The molecular formula is C15H17N3. The lowest BCUT2D eigenvalue weighted by Crippen LogP contribution is -2.21. The van der Waals surface area contributed by atoms with Crippen molar-refractivity contribution in [1.29, 1.82) is 0 Å². The predicted molar refractivity (Wildman–Crippen MR) is 73.3 cm³/mol. The van der Waals surface area contributed by atoms with Crippen molar-refractivity contribution in [2.24, 2.45) is 5.73 Å². The molecular weight excluding hydrogens is 222 g/mol. The van der Waals surface area contributed by atoms with Gasteiger partial charge in [0, 0.05) is 31.5 Å². The second kappa shape index (κ2) is 4.78. The van der Waals surface area contributed by atoms with Crippen molar-refractivity contribution in [1.82, 2.24) is 4.98 Å². The number of fused-ring (bicyclic) bond motifs is 1. The number of hydrogen-bond acceptors (Lipinski definition) is 3. The highest BCUT2D eigenvalue weighted by Crippen LogP contribution is 2.29. The Kier molecular flexibility index (Phi) is 2.99. The van der Waals surface area contributed by atoms with E-state index in [2.05, 4.69) is 40.2 Å². The number of anilines is 1. The smallest absolute Gasteiger partial charge is 0.0589 e. The zero-order valence-electron chi connectivity index (χ0n) is 10.3. The Labute approximate surface area is 107 Å². The van der Waals surface area contributed by atoms with E-state index < -0.39 is 0 Å². The minimum Gasteiger partial charge on any atom is -0.367 e. The molecule has 1 aliphatic rings. The summed E-state index contributed by atoms with van der Waals surface area (Å²) in [4.78, 5) is 6.75. The van der Waals surface area contributed by atoms with E-state index in [1.807, 2.05) is 12.3 Å². The molecule has 18 heavy (non-hydrogen) atoms. The van der Waals surface area contributed by atoms with Crippen LogP contribution in [-0.4, -0.2) is 11.5 Å². The van der Waals surface area contributed by atoms with Crippen molar-refractivity contribution in [2.45, 2.75) is 19.5 Å². The van der Waals surface area contributed by atoms with Crippen molar-refractivity contribution >= 4 is 5.69 Å². The van der Waals surface area contributed by atoms with Crippen LogP contribution in [0.4, 0.5) is 5.69 Å². The Morgan fingerprint density at radius 2 is 2.06 bits per heavy atom. The Hall–Kier alpha value is -1.87. The normalized spacial score (nSPS) is 13.7. The van der Waals surface area contributed by atoms with Gasteiger partial charge in [0.2, 0.25) is 0 Å². The minimum atomic E-state index is 0.506. The second-order valence-corrected chi connectivity index (χ2v) is 4.61. The molecule has 0 bridgehead atoms. The molecule has 1 aromatic carbocycles. The van der Waals surface area contributed by atoms with Crippen LogP contribution < -0.4 is 10.6 Å². The quantitative estimate of drug-likeness (QED) is 0.892. The number of nitrogens with two attached hydrogens (primary N) is 1. The summed E-state index contributed by atoms with van der Waals surface area (Å²) in [5.74, 6) is 0. The maximum atomic E-state index is 5.74. The zero-order chi connectivity index (χ0) is 12.4. The summed E-state index contributed by atoms with van der Waals surface area (Å²) in [6, 6.07) is 12.7. The summed E-state index contributed by atoms with van der Waals surface area (Å²) in [5, 5.41) is 0. The molecule has 0 aliphatic carbocycles. The van der Waals surface area contributed by atoms with Crippen LogP contribution in [0.2, 0.25) is 0 Å². The number of para-hydroxylation sites is 1. The van der Waals surface area contributed by atoms with E-state index in [0.29, 0.717) is 6.54 Å². The van der Waals surface area contributed by atoms with Gasteiger partial charge in [0.05, 0.1) is 5.69 Å². The van der Waals surface area contributed by atoms with E-state index in [4.69, 9.17) is 5.73 Å². The fraction of sp³-hybridized carbons (Fsp3) is 0.267. The first-order valence-electron chi connectivity index (χ1n) is 6.34. The van der Waals surface area contributed by atoms with E-state index in [1.165, 1.54) is 16.8 Å². The maximum absolute atomic E-state index is 5.74. The molecule has 92 valence electrons. The van der Waals surface area contributed by atoms with Crippen molar-refractivity contribution in [3.8, 4) is 0 Å². The molecule has 1 aliphatic heterocycles. The lowest BCUT2D eigenvalue weighted by molar-refractivity contribution is 0.812. The van der Waals surface area contributed by atoms with Gasteiger partial charge >= 0.3 is 0 Å². The van der Waals surface area contributed by atoms with E-state index in [1.54, 1.807) is 0 Å². The Morgan fingerprint density at radius 1 is 1.17 bits per heavy atom. The third-order valence-corrected chi connectivity index (χ3v) is 3.52. The molecule has 0 radical (unpaired) electrons. The summed E-state index contributed by atoms with van der Waals surface area (Å²) in [6.07, 6.45) is 2.94. The molecule has 2 aromatic rings. The molecule has 2 N–H and O–H groups in total. The SMILES string of the molecule is NCc1ncccc1CN1CCc2ccccc21. The van der Waals surface area contributed by atoms with Crippen molar-refractivity contribution in [3.63, 3.8) is 0 Å². The molecule has 0 fully saturated rings. The van der Waals surface area contributed by atoms with Gasteiger partial charge in [-0.25, -0.2) is 0 Å². The van der Waals surface area contributed by atoms with Gasteiger partial charge in [0.1, 0.15) is 0 Å². The monoisotopic (exact) mass is 239 g/mol. The molecule has 0 saturated heterocycles. The molecule has 3 heteroatoms. The van der Waals surface area contributed by atoms with Crippen LogP contribution in [0.3, 0.4) is 0 Å². The Morgan fingerprint density at radius 3 is 2.94 bits per heavy atom. The van der Waals surface area contributed by atoms with E-state index >= 15 is 0 Å². The molecule has 1 aromatic heterocycles. The first-order valence-corrected chi connectivity index (χ1v) is 6.34. The van der Waals surface area contributed by atoms with Crippen LogP contribution in [0.15, 0.2) is 42.6 Å². The van der Waals surface area contributed by atoms with Crippen LogP contribution in [0.25, 0.3) is 0 Å². The van der Waals surface area contributed by atoms with Crippen LogP contribution in [-0.2, 0) is 19.5 Å². The van der Waals surface area contributed by atoms with Gasteiger partial charge in [-0.3, -0.25) is 4.98 Å². The lowest BCUT2D eigenvalue weighted by atomic mass is 10.1. The highest BCUT2D eigenvalue weighted by molar-refractivity contribution is 5.58. The summed E-state index contributed by atoms with van der Waals surface area (Å²) in [5.41, 5.74) is 10.8. The lowest BCUT2D eigenvalue weighted by Gasteiger charge is -2.20. The summed E-state index contributed by atoms with van der Waals surface area (Å²) < 4.78 is 0. The Balaban J connectivity index is 1.86. The van der Waals surface area contributed by atoms with Crippen molar-refractivity contribution in [3.05, 3.63) is 59.4 Å². The summed E-state index contributed by atoms with van der Waals surface area (Å²) >= 11 is 0. The van der Waals surface area contributed by atoms with Crippen molar-refractivity contribution < 1.29 is 0 Å². The molecule has 0 saturated carbocycles. The van der Waals surface area contributed by atoms with Crippen molar-refractivity contribution in [2.75, 3.05) is 11.4 Å². The van der Waals surface area contributed by atoms with Gasteiger partial charge in [0.25, 0.3) is 0 Å². The number of hydrogen-bond donors (Lipinski definition) is 1. The number of aromatic nitrogens is 1. The van der Waals surface area contributed by atoms with Gasteiger partial charge in [0.15, 0.2) is 0 Å². The number of pyridine rings is 1. The molecule has 2 heterocycles. The van der Waals surface area contributed by atoms with Gasteiger partial charge in [-0.2, -0.15) is 0 Å². The van der Waals surface area contributed by atoms with Gasteiger partial charge < -0.3 is 10.6 Å². The average molecular weight is 239 g/mol. The van der Waals surface area contributed by atoms with Gasteiger partial charge in [-0.05, 0) is 29.7 Å². The number of nitrogens with zero attached hydrogens (tertiary/aromatic N) is 2. The number of rotatable bonds is 3. The first kappa shape index (κ1) is 11.2. The van der Waals surface area contributed by atoms with Crippen LogP contribution in [0.5, 0.6) is 0 Å². The maximum Gasteiger partial charge on any atom is 0.0589 e. The molecule has 0 atom stereocenters. The average Bonchev–Trinajstić information content (AvgIpc) is 2.83. The van der Waals surface area contributed by atoms with E-state index in [-0.39, 0.29) is 0 Å². The largest absolute Gasteiger partial charge is 0.367 e. The minimum absolute atomic E-state index is 0.506. The van der Waals surface area contributed by atoms with E-state index in [9.17, 15) is 0 Å². The second-order valence-electron chi connectivity index (χ2n) is 4.61. The van der Waals surface area contributed by atoms with Crippen LogP contribution in [0, 0.1) is 0 Å². The molecule has 3 nitrogen and oxygen atoms in total. The van der Waals surface area contributed by atoms with Gasteiger partial charge in [-0.15, -0.1) is 0 Å². The molecule has 3 rings (SSSR count). The fourth-order valence-corrected chi connectivity index (χ4v) is 2.58. The fourth-order valence-electron chi connectivity index (χ4n) is 2.58.